The molecule has 5 heterocycles. The predicted molar refractivity (Wildman–Crippen MR) is 286 cm³/mol. The van der Waals surface area contributed by atoms with Crippen LogP contribution in [0.3, 0.4) is 0 Å². The number of aromatic nitrogens is 2. The van der Waals surface area contributed by atoms with Gasteiger partial charge in [-0.3, -0.25) is 48.1 Å². The van der Waals surface area contributed by atoms with Crippen LogP contribution in [0.5, 0.6) is 0 Å². The summed E-state index contributed by atoms with van der Waals surface area (Å²) in [5.41, 5.74) is 1.84. The number of unbranched alkanes of at least 4 members (excludes halogenated alkanes) is 2. The average Bonchev–Trinajstić information content (AvgIpc) is 4.13. The number of amides is 8. The van der Waals surface area contributed by atoms with Crippen LogP contribution in [0.15, 0.2) is 47.3 Å². The van der Waals surface area contributed by atoms with Crippen LogP contribution in [0.2, 0.25) is 0 Å². The van der Waals surface area contributed by atoms with Gasteiger partial charge in [-0.1, -0.05) is 64.4 Å². The molecule has 1 saturated heterocycles. The minimum atomic E-state index is -2.06. The van der Waals surface area contributed by atoms with Crippen molar-refractivity contribution in [3.05, 3.63) is 97.6 Å². The van der Waals surface area contributed by atoms with E-state index in [4.69, 9.17) is 14.5 Å². The summed E-state index contributed by atoms with van der Waals surface area (Å²) in [5.74, 6) is -6.04. The number of pyridine rings is 2. The number of esters is 1. The lowest BCUT2D eigenvalue weighted by atomic mass is 9.81. The maximum Gasteiger partial charge on any atom is 0.343 e. The van der Waals surface area contributed by atoms with Gasteiger partial charge in [-0.15, -0.1) is 0 Å². The molecule has 0 radical (unpaired) electrons. The zero-order chi connectivity index (χ0) is 57.7. The van der Waals surface area contributed by atoms with Crippen molar-refractivity contribution in [1.82, 2.24) is 46.4 Å². The van der Waals surface area contributed by atoms with Gasteiger partial charge in [-0.05, 0) is 80.2 Å². The number of halogens is 1. The fourth-order valence-corrected chi connectivity index (χ4v) is 10.9. The number of rotatable bonds is 23. The van der Waals surface area contributed by atoms with Crippen molar-refractivity contribution in [3.63, 3.8) is 0 Å². The summed E-state index contributed by atoms with van der Waals surface area (Å²) in [6, 6.07) is 7.72. The van der Waals surface area contributed by atoms with E-state index in [1.165, 1.54) is 22.5 Å². The number of hydrogen-bond donors (Lipinski definition) is 7. The molecule has 8 rings (SSSR count). The number of benzene rings is 2. The Hall–Kier alpha value is -7.92. The Morgan fingerprint density at radius 2 is 1.65 bits per heavy atom. The van der Waals surface area contributed by atoms with Crippen molar-refractivity contribution < 1.29 is 62.1 Å². The molecule has 22 nitrogen and oxygen atoms in total. The molecule has 80 heavy (non-hydrogen) atoms. The second kappa shape index (κ2) is 24.6. The number of ether oxygens (including phenoxy) is 2. The quantitative estimate of drug-likeness (QED) is 0.0214. The Labute approximate surface area is 460 Å². The van der Waals surface area contributed by atoms with Crippen LogP contribution in [0.25, 0.3) is 22.3 Å². The van der Waals surface area contributed by atoms with Crippen LogP contribution in [0.1, 0.15) is 125 Å². The number of imide groups is 1. The number of carbonyl (C=O) groups excluding carboxylic acids is 9. The van der Waals surface area contributed by atoms with Crippen molar-refractivity contribution in [2.75, 3.05) is 26.4 Å². The number of likely N-dealkylation sites (tertiary alicyclic amines) is 1. The lowest BCUT2D eigenvalue weighted by molar-refractivity contribution is -0.172. The third-order valence-electron chi connectivity index (χ3n) is 15.4. The molecule has 1 unspecified atom stereocenters. The van der Waals surface area contributed by atoms with Crippen LogP contribution in [0, 0.1) is 24.6 Å². The summed E-state index contributed by atoms with van der Waals surface area (Å²) in [5, 5.41) is 28.1. The molecular formula is C57H68FN9O13. The number of hydrogen-bond acceptors (Lipinski definition) is 14. The molecule has 0 spiro atoms. The topological polar surface area (TPSA) is 303 Å². The monoisotopic (exact) mass is 1110 g/mol. The summed E-state index contributed by atoms with van der Waals surface area (Å²) in [7, 11) is 0. The van der Waals surface area contributed by atoms with E-state index in [-0.39, 0.29) is 79.5 Å². The number of aliphatic hydroxyl groups is 1. The summed E-state index contributed by atoms with van der Waals surface area (Å²) >= 11 is 0. The Bertz CT molecular complexity index is 3220. The highest BCUT2D eigenvalue weighted by atomic mass is 19.1. The number of nitrogens with one attached hydrogen (secondary N) is 6. The van der Waals surface area contributed by atoms with Gasteiger partial charge in [0, 0.05) is 54.3 Å². The molecule has 3 aliphatic heterocycles. The van der Waals surface area contributed by atoms with Gasteiger partial charge < -0.3 is 51.0 Å². The van der Waals surface area contributed by atoms with Gasteiger partial charge in [0.25, 0.3) is 5.56 Å². The van der Waals surface area contributed by atoms with Gasteiger partial charge in [0.1, 0.15) is 43.9 Å². The number of cyclic esters (lactones) is 1. The lowest BCUT2D eigenvalue weighted by Gasteiger charge is -2.31. The molecule has 2 aromatic heterocycles. The first-order valence-corrected chi connectivity index (χ1v) is 27.1. The zero-order valence-corrected chi connectivity index (χ0v) is 45.7. The maximum atomic E-state index is 15.4. The fraction of sp³-hybridized carbons (Fsp3) is 0.491. The molecule has 4 aromatic rings. The van der Waals surface area contributed by atoms with Crippen LogP contribution < -0.4 is 37.5 Å². The average molecular weight is 1110 g/mol. The minimum Gasteiger partial charge on any atom is -0.458 e. The third-order valence-corrected chi connectivity index (χ3v) is 15.4. The largest absolute Gasteiger partial charge is 0.458 e. The Balaban J connectivity index is 0.827. The van der Waals surface area contributed by atoms with Crippen molar-refractivity contribution in [2.45, 2.75) is 142 Å². The van der Waals surface area contributed by atoms with Crippen LogP contribution in [-0.2, 0) is 84.2 Å². The second-order valence-corrected chi connectivity index (χ2v) is 21.4. The highest BCUT2D eigenvalue weighted by Crippen LogP contribution is 2.46. The van der Waals surface area contributed by atoms with Crippen LogP contribution >= 0.6 is 0 Å². The molecule has 23 heteroatoms. The summed E-state index contributed by atoms with van der Waals surface area (Å²) in [4.78, 5) is 137. The fourth-order valence-electron chi connectivity index (χ4n) is 10.9. The molecule has 0 saturated carbocycles. The Morgan fingerprint density at radius 3 is 2.35 bits per heavy atom. The smallest absolute Gasteiger partial charge is 0.343 e. The van der Waals surface area contributed by atoms with Gasteiger partial charge in [0.15, 0.2) is 5.60 Å². The van der Waals surface area contributed by atoms with Gasteiger partial charge in [0.2, 0.25) is 47.3 Å². The van der Waals surface area contributed by atoms with E-state index < -0.39 is 96.5 Å². The predicted octanol–water partition coefficient (Wildman–Crippen LogP) is 2.17. The number of fused-ring (bicyclic) bond motifs is 5. The normalized spacial score (nSPS) is 19.1. The van der Waals surface area contributed by atoms with Crippen molar-refractivity contribution in [1.29, 1.82) is 0 Å². The van der Waals surface area contributed by atoms with Crippen molar-refractivity contribution in [2.24, 2.45) is 11.8 Å². The summed E-state index contributed by atoms with van der Waals surface area (Å²) < 4.78 is 27.6. The van der Waals surface area contributed by atoms with Gasteiger partial charge in [0.05, 0.1) is 41.6 Å². The van der Waals surface area contributed by atoms with E-state index in [1.54, 1.807) is 71.0 Å². The molecule has 6 atom stereocenters. The maximum absolute atomic E-state index is 15.4. The second-order valence-electron chi connectivity index (χ2n) is 21.4. The Morgan fingerprint density at radius 1 is 0.900 bits per heavy atom. The van der Waals surface area contributed by atoms with Crippen LogP contribution in [0.4, 0.5) is 4.39 Å². The van der Waals surface area contributed by atoms with E-state index in [9.17, 15) is 53.1 Å². The van der Waals surface area contributed by atoms with E-state index in [2.05, 4.69) is 31.9 Å². The highest BCUT2D eigenvalue weighted by Gasteiger charge is 2.46. The van der Waals surface area contributed by atoms with E-state index >= 15 is 4.39 Å². The molecule has 2 aromatic carbocycles. The van der Waals surface area contributed by atoms with Gasteiger partial charge in [-0.25, -0.2) is 14.2 Å². The first kappa shape index (κ1) is 58.2. The third kappa shape index (κ3) is 12.3. The molecule has 1 aliphatic carbocycles. The molecule has 0 bridgehead atoms. The zero-order valence-electron chi connectivity index (χ0n) is 45.7. The SMILES string of the molecule is CC[C@@]1(O)C(=O)OCc2c1cc1n(c2=O)Cc2c-1nc1cc(F)c(C)c3c1c2[C@@H](NC(=O)COCNC(=O)CNC(=O)[C@H](Cc1ccccc1)NC(=O)[C@H](C)NC(=O)[C@@H](NC(=O)CCCCCN1C(=O)CC(C)C1=O)C(C)C)CC3. The first-order valence-electron chi connectivity index (χ1n) is 27.1. The number of carbonyl (C=O) groups is 9. The summed E-state index contributed by atoms with van der Waals surface area (Å²) in [6.45, 7) is 8.47. The van der Waals surface area contributed by atoms with Crippen LogP contribution in [-0.4, -0.2) is 117 Å². The molecule has 1 fully saturated rings. The summed E-state index contributed by atoms with van der Waals surface area (Å²) in [6.07, 6.45) is 2.63. The first-order chi connectivity index (χ1) is 38.1. The van der Waals surface area contributed by atoms with Gasteiger partial charge in [-0.2, -0.15) is 0 Å². The van der Waals surface area contributed by atoms with E-state index in [0.717, 1.165) is 5.56 Å². The molecule has 8 amide bonds. The van der Waals surface area contributed by atoms with E-state index in [1.807, 2.05) is 0 Å². The molecular weight excluding hydrogens is 1040 g/mol. The van der Waals surface area contributed by atoms with Crippen molar-refractivity contribution in [3.8, 4) is 11.4 Å². The minimum absolute atomic E-state index is 0.0263. The Kier molecular flexibility index (Phi) is 17.9. The molecule has 7 N–H and O–H groups in total. The molecule has 4 aliphatic rings. The number of aryl methyl sites for hydroxylation is 1. The standard InChI is InChI=1S/C57H68FN9O13/c1-7-57(78)37-22-42-50-35(25-67(42)55(76)36(37)26-80-56(57)77)48-39(18-17-34-31(5)38(58)23-40(63-50)47(34)48)62-45(70)27-79-28-60-44(69)24-59-52(73)41(21-33-14-10-8-11-15-33)64-51(72)32(6)61-53(74)49(29(2)3)65-43(68)16-12-9-13-19-66-46(71)20-30(4)54(66)75/h8,10-11,14-15,22-23,29-30,32,39,41,49,78H,7,9,12-13,16-21,24-28H2,1-6H3,(H,59,73)(H,60,69)(H,61,74)(H,62,70)(H,64,72)(H,65,68)/t30?,32-,39-,41-,49-,57-/m0/s1. The van der Waals surface area contributed by atoms with Crippen molar-refractivity contribution >= 4 is 64.1 Å². The molecule has 426 valence electrons. The number of nitrogens with zero attached hydrogens (tertiary/aromatic N) is 3. The highest BCUT2D eigenvalue weighted by molar-refractivity contribution is 6.03. The van der Waals surface area contributed by atoms with Gasteiger partial charge >= 0.3 is 5.97 Å². The van der Waals surface area contributed by atoms with E-state index in [0.29, 0.717) is 83.2 Å². The lowest BCUT2D eigenvalue weighted by Crippen LogP contribution is -2.57.